The molecule has 1 rings (SSSR count). The lowest BCUT2D eigenvalue weighted by Crippen LogP contribution is -2.41. The van der Waals surface area contributed by atoms with Crippen LogP contribution < -0.4 is 10.6 Å². The summed E-state index contributed by atoms with van der Waals surface area (Å²) in [5, 5.41) is 14.4. The quantitative estimate of drug-likeness (QED) is 0.728. The van der Waals surface area contributed by atoms with Crippen LogP contribution in [-0.2, 0) is 0 Å². The van der Waals surface area contributed by atoms with Gasteiger partial charge < -0.3 is 10.4 Å². The number of carbonyl (C=O) groups excluding carboxylic acids is 1. The number of nitrogens with zero attached hydrogens (tertiary/aromatic N) is 1. The molecule has 0 aromatic carbocycles. The molecule has 0 aliphatic rings. The third-order valence-corrected chi connectivity index (χ3v) is 2.22. The van der Waals surface area contributed by atoms with Gasteiger partial charge in [0.25, 0.3) is 0 Å². The van der Waals surface area contributed by atoms with Crippen LogP contribution in [0.25, 0.3) is 0 Å². The van der Waals surface area contributed by atoms with Crippen LogP contribution in [0.2, 0.25) is 0 Å². The lowest BCUT2D eigenvalue weighted by atomic mass is 10.0. The monoisotopic (exact) mass is 237 g/mol. The summed E-state index contributed by atoms with van der Waals surface area (Å²) in [5.41, 5.74) is 0. The predicted octanol–water partition coefficient (Wildman–Crippen LogP) is 1.61. The highest BCUT2D eigenvalue weighted by molar-refractivity contribution is 5.88. The molecule has 5 nitrogen and oxygen atoms in total. The van der Waals surface area contributed by atoms with Gasteiger partial charge in [0.2, 0.25) is 0 Å². The fourth-order valence-electron chi connectivity index (χ4n) is 1.52. The molecule has 0 saturated carbocycles. The number of hydrogen-bond donors (Lipinski definition) is 3. The summed E-state index contributed by atoms with van der Waals surface area (Å²) in [6.45, 7) is 4.02. The summed E-state index contributed by atoms with van der Waals surface area (Å²) in [4.78, 5) is 15.6. The smallest absolute Gasteiger partial charge is 0.320 e. The Labute approximate surface area is 101 Å². The molecule has 0 aliphatic carbocycles. The van der Waals surface area contributed by atoms with Crippen molar-refractivity contribution >= 4 is 11.8 Å². The van der Waals surface area contributed by atoms with Crippen molar-refractivity contribution in [3.8, 4) is 0 Å². The minimum Gasteiger partial charge on any atom is -0.394 e. The van der Waals surface area contributed by atoms with E-state index in [1.54, 1.807) is 24.4 Å². The van der Waals surface area contributed by atoms with Crippen LogP contribution in [-0.4, -0.2) is 28.8 Å². The molecule has 17 heavy (non-hydrogen) atoms. The van der Waals surface area contributed by atoms with E-state index in [0.717, 1.165) is 6.42 Å². The second kappa shape index (κ2) is 6.85. The number of hydrogen-bond acceptors (Lipinski definition) is 3. The Hall–Kier alpha value is -1.62. The molecular formula is C12H19N3O2. The normalized spacial score (nSPS) is 12.2. The van der Waals surface area contributed by atoms with Crippen LogP contribution in [0.1, 0.15) is 20.3 Å². The van der Waals surface area contributed by atoms with Gasteiger partial charge in [-0.1, -0.05) is 19.9 Å². The van der Waals surface area contributed by atoms with Gasteiger partial charge in [-0.15, -0.1) is 0 Å². The zero-order valence-electron chi connectivity index (χ0n) is 10.2. The first-order valence-corrected chi connectivity index (χ1v) is 5.71. The van der Waals surface area contributed by atoms with Gasteiger partial charge in [-0.3, -0.25) is 5.32 Å². The maximum absolute atomic E-state index is 11.6. The maximum Gasteiger partial charge on any atom is 0.320 e. The first-order valence-electron chi connectivity index (χ1n) is 5.71. The van der Waals surface area contributed by atoms with E-state index in [2.05, 4.69) is 15.6 Å². The van der Waals surface area contributed by atoms with Gasteiger partial charge >= 0.3 is 6.03 Å². The molecule has 0 saturated heterocycles. The Kier molecular flexibility index (Phi) is 5.42. The third-order valence-electron chi connectivity index (χ3n) is 2.22. The van der Waals surface area contributed by atoms with E-state index < -0.39 is 0 Å². The lowest BCUT2D eigenvalue weighted by Gasteiger charge is -2.18. The number of rotatable bonds is 5. The van der Waals surface area contributed by atoms with Crippen molar-refractivity contribution in [2.45, 2.75) is 26.3 Å². The van der Waals surface area contributed by atoms with Crippen molar-refractivity contribution in [1.29, 1.82) is 0 Å². The molecule has 1 aromatic rings. The van der Waals surface area contributed by atoms with E-state index in [1.165, 1.54) is 0 Å². The van der Waals surface area contributed by atoms with Crippen LogP contribution in [0, 0.1) is 5.92 Å². The Morgan fingerprint density at radius 3 is 2.76 bits per heavy atom. The number of amides is 2. The molecular weight excluding hydrogens is 218 g/mol. The van der Waals surface area contributed by atoms with Gasteiger partial charge in [0.15, 0.2) is 0 Å². The first-order chi connectivity index (χ1) is 8.11. The Morgan fingerprint density at radius 2 is 2.24 bits per heavy atom. The highest BCUT2D eigenvalue weighted by Crippen LogP contribution is 2.05. The molecule has 0 bridgehead atoms. The number of aliphatic hydroxyl groups is 1. The lowest BCUT2D eigenvalue weighted by molar-refractivity contribution is 0.214. The van der Waals surface area contributed by atoms with Gasteiger partial charge in [0.05, 0.1) is 12.6 Å². The fourth-order valence-corrected chi connectivity index (χ4v) is 1.52. The Balaban J connectivity index is 2.43. The molecule has 5 heteroatoms. The molecule has 3 N–H and O–H groups in total. The van der Waals surface area contributed by atoms with Crippen molar-refractivity contribution in [3.05, 3.63) is 24.4 Å². The zero-order chi connectivity index (χ0) is 12.7. The summed E-state index contributed by atoms with van der Waals surface area (Å²) in [6, 6.07) is 4.70. The second-order valence-corrected chi connectivity index (χ2v) is 4.32. The van der Waals surface area contributed by atoms with Crippen molar-refractivity contribution in [3.63, 3.8) is 0 Å². The molecule has 0 fully saturated rings. The van der Waals surface area contributed by atoms with Gasteiger partial charge in [0.1, 0.15) is 5.82 Å². The third kappa shape index (κ3) is 5.31. The van der Waals surface area contributed by atoms with E-state index in [-0.39, 0.29) is 18.7 Å². The molecule has 1 atom stereocenters. The van der Waals surface area contributed by atoms with Crippen molar-refractivity contribution in [2.75, 3.05) is 11.9 Å². The number of aromatic nitrogens is 1. The minimum atomic E-state index is -0.344. The second-order valence-electron chi connectivity index (χ2n) is 4.32. The highest BCUT2D eigenvalue weighted by Gasteiger charge is 2.12. The van der Waals surface area contributed by atoms with Crippen molar-refractivity contribution in [2.24, 2.45) is 5.92 Å². The summed E-state index contributed by atoms with van der Waals surface area (Å²) < 4.78 is 0. The number of urea groups is 1. The molecule has 1 unspecified atom stereocenters. The highest BCUT2D eigenvalue weighted by atomic mass is 16.3. The molecule has 0 spiro atoms. The standard InChI is InChI=1S/C12H19N3O2/c1-9(2)7-10(8-16)14-12(17)15-11-5-3-4-6-13-11/h3-6,9-10,16H,7-8H2,1-2H3,(H2,13,14,15,17). The molecule has 0 aliphatic heterocycles. The summed E-state index contributed by atoms with van der Waals surface area (Å²) >= 11 is 0. The molecule has 1 heterocycles. The maximum atomic E-state index is 11.6. The fraction of sp³-hybridized carbons (Fsp3) is 0.500. The van der Waals surface area contributed by atoms with Crippen LogP contribution in [0.5, 0.6) is 0 Å². The zero-order valence-corrected chi connectivity index (χ0v) is 10.2. The van der Waals surface area contributed by atoms with Crippen LogP contribution in [0.4, 0.5) is 10.6 Å². The molecule has 2 amide bonds. The van der Waals surface area contributed by atoms with Gasteiger partial charge in [-0.2, -0.15) is 0 Å². The average molecular weight is 237 g/mol. The first kappa shape index (κ1) is 13.4. The van der Waals surface area contributed by atoms with Crippen molar-refractivity contribution < 1.29 is 9.90 Å². The number of pyridine rings is 1. The van der Waals surface area contributed by atoms with Gasteiger partial charge in [-0.25, -0.2) is 9.78 Å². The number of carbonyl (C=O) groups is 1. The van der Waals surface area contributed by atoms with Crippen LogP contribution in [0.3, 0.4) is 0 Å². The van der Waals surface area contributed by atoms with Gasteiger partial charge in [-0.05, 0) is 24.5 Å². The Morgan fingerprint density at radius 1 is 1.47 bits per heavy atom. The van der Waals surface area contributed by atoms with E-state index in [0.29, 0.717) is 11.7 Å². The van der Waals surface area contributed by atoms with E-state index in [4.69, 9.17) is 5.11 Å². The SMILES string of the molecule is CC(C)CC(CO)NC(=O)Nc1ccccn1. The van der Waals surface area contributed by atoms with E-state index >= 15 is 0 Å². The average Bonchev–Trinajstić information content (AvgIpc) is 2.28. The summed E-state index contributed by atoms with van der Waals surface area (Å²) in [5.74, 6) is 0.911. The summed E-state index contributed by atoms with van der Waals surface area (Å²) in [7, 11) is 0. The topological polar surface area (TPSA) is 74.2 Å². The van der Waals surface area contributed by atoms with E-state index in [9.17, 15) is 4.79 Å². The predicted molar refractivity (Wildman–Crippen MR) is 66.7 cm³/mol. The summed E-state index contributed by atoms with van der Waals surface area (Å²) in [6.07, 6.45) is 2.35. The molecule has 1 aromatic heterocycles. The molecule has 94 valence electrons. The van der Waals surface area contributed by atoms with Crippen LogP contribution in [0.15, 0.2) is 24.4 Å². The van der Waals surface area contributed by atoms with Crippen molar-refractivity contribution in [1.82, 2.24) is 10.3 Å². The Bertz CT molecular complexity index is 341. The van der Waals surface area contributed by atoms with Gasteiger partial charge in [0, 0.05) is 6.20 Å². The number of aliphatic hydroxyl groups excluding tert-OH is 1. The van der Waals surface area contributed by atoms with Crippen LogP contribution >= 0.6 is 0 Å². The largest absolute Gasteiger partial charge is 0.394 e. The number of anilines is 1. The van der Waals surface area contributed by atoms with E-state index in [1.807, 2.05) is 13.8 Å². The number of nitrogens with one attached hydrogen (secondary N) is 2. The minimum absolute atomic E-state index is 0.0617. The molecule has 0 radical (unpaired) electrons.